The van der Waals surface area contributed by atoms with E-state index in [0.717, 1.165) is 12.8 Å². The normalized spacial score (nSPS) is 28.0. The van der Waals surface area contributed by atoms with Crippen LogP contribution in [0.5, 0.6) is 0 Å². The molecular weight excluding hydrogens is 190 g/mol. The molecule has 1 fully saturated rings. The first-order valence-electron chi connectivity index (χ1n) is 5.99. The number of hydrogen-bond donors (Lipinski definition) is 2. The molecule has 1 rings (SSSR count). The Morgan fingerprint density at radius 3 is 2.73 bits per heavy atom. The van der Waals surface area contributed by atoms with E-state index < -0.39 is 0 Å². The van der Waals surface area contributed by atoms with Crippen molar-refractivity contribution >= 4 is 0 Å². The van der Waals surface area contributed by atoms with Crippen LogP contribution in [0.25, 0.3) is 0 Å². The largest absolute Gasteiger partial charge is 0.396 e. The average Bonchev–Trinajstić information content (AvgIpc) is 2.17. The summed E-state index contributed by atoms with van der Waals surface area (Å²) in [5.41, 5.74) is 0.0368. The summed E-state index contributed by atoms with van der Waals surface area (Å²) >= 11 is 0. The van der Waals surface area contributed by atoms with E-state index in [2.05, 4.69) is 19.2 Å². The van der Waals surface area contributed by atoms with Crippen LogP contribution in [0.4, 0.5) is 0 Å². The Kier molecular flexibility index (Phi) is 5.03. The summed E-state index contributed by atoms with van der Waals surface area (Å²) in [6.45, 7) is 4.56. The lowest BCUT2D eigenvalue weighted by Gasteiger charge is -2.36. The van der Waals surface area contributed by atoms with Crippen molar-refractivity contribution in [3.8, 4) is 0 Å². The monoisotopic (exact) mass is 215 g/mol. The second-order valence-corrected chi connectivity index (χ2v) is 5.22. The van der Waals surface area contributed by atoms with Crippen LogP contribution < -0.4 is 5.32 Å². The maximum absolute atomic E-state index is 8.96. The third-order valence-corrected chi connectivity index (χ3v) is 3.29. The number of rotatable bonds is 5. The molecule has 0 aromatic heterocycles. The van der Waals surface area contributed by atoms with Crippen LogP contribution in [0.3, 0.4) is 0 Å². The molecular formula is C12H25NO2. The zero-order chi connectivity index (χ0) is 11.3. The van der Waals surface area contributed by atoms with Crippen molar-refractivity contribution in [3.63, 3.8) is 0 Å². The van der Waals surface area contributed by atoms with Gasteiger partial charge in [-0.2, -0.15) is 0 Å². The smallest absolute Gasteiger partial charge is 0.0586 e. The van der Waals surface area contributed by atoms with Gasteiger partial charge in [0.15, 0.2) is 0 Å². The fraction of sp³-hybridized carbons (Fsp3) is 1.00. The van der Waals surface area contributed by atoms with E-state index in [1.807, 2.05) is 0 Å². The van der Waals surface area contributed by atoms with Crippen molar-refractivity contribution in [1.82, 2.24) is 5.32 Å². The molecule has 90 valence electrons. The van der Waals surface area contributed by atoms with E-state index >= 15 is 0 Å². The molecule has 0 heterocycles. The van der Waals surface area contributed by atoms with E-state index in [-0.39, 0.29) is 12.1 Å². The summed E-state index contributed by atoms with van der Waals surface area (Å²) in [6, 6.07) is 0.547. The summed E-state index contributed by atoms with van der Waals surface area (Å²) in [5.74, 6) is 0. The van der Waals surface area contributed by atoms with Crippen LogP contribution in [-0.4, -0.2) is 36.5 Å². The Balaban J connectivity index is 2.36. The minimum Gasteiger partial charge on any atom is -0.396 e. The molecule has 0 aromatic rings. The van der Waals surface area contributed by atoms with Gasteiger partial charge in [-0.3, -0.25) is 0 Å². The average molecular weight is 215 g/mol. The molecule has 0 aliphatic heterocycles. The predicted octanol–water partition coefficient (Wildman–Crippen LogP) is 1.69. The van der Waals surface area contributed by atoms with Crippen LogP contribution in [0, 0.1) is 0 Å². The van der Waals surface area contributed by atoms with Gasteiger partial charge in [-0.25, -0.2) is 0 Å². The summed E-state index contributed by atoms with van der Waals surface area (Å²) in [5, 5.41) is 12.6. The van der Waals surface area contributed by atoms with Gasteiger partial charge in [0.05, 0.1) is 6.10 Å². The van der Waals surface area contributed by atoms with Crippen LogP contribution in [-0.2, 0) is 4.74 Å². The summed E-state index contributed by atoms with van der Waals surface area (Å²) < 4.78 is 5.41. The Morgan fingerprint density at radius 1 is 1.40 bits per heavy atom. The SMILES string of the molecule is COC1CCCC(NC(C)(C)CCO)C1. The Bertz CT molecular complexity index is 182. The van der Waals surface area contributed by atoms with E-state index in [9.17, 15) is 0 Å². The molecule has 0 saturated heterocycles. The summed E-state index contributed by atoms with van der Waals surface area (Å²) in [7, 11) is 1.80. The standard InChI is InChI=1S/C12H25NO2/c1-12(2,7-8-14)13-10-5-4-6-11(9-10)15-3/h10-11,13-14H,4-9H2,1-3H3. The quantitative estimate of drug-likeness (QED) is 0.733. The summed E-state index contributed by atoms with van der Waals surface area (Å²) in [6.07, 6.45) is 5.99. The Labute approximate surface area is 93.2 Å². The number of aliphatic hydroxyl groups excluding tert-OH is 1. The molecule has 0 bridgehead atoms. The molecule has 0 amide bonds. The highest BCUT2D eigenvalue weighted by Gasteiger charge is 2.26. The molecule has 2 unspecified atom stereocenters. The lowest BCUT2D eigenvalue weighted by molar-refractivity contribution is 0.0525. The van der Waals surface area contributed by atoms with Crippen molar-refractivity contribution in [2.24, 2.45) is 0 Å². The topological polar surface area (TPSA) is 41.5 Å². The van der Waals surface area contributed by atoms with Crippen LogP contribution >= 0.6 is 0 Å². The number of aliphatic hydroxyl groups is 1. The van der Waals surface area contributed by atoms with Crippen molar-refractivity contribution in [3.05, 3.63) is 0 Å². The molecule has 0 radical (unpaired) electrons. The second-order valence-electron chi connectivity index (χ2n) is 5.22. The molecule has 15 heavy (non-hydrogen) atoms. The van der Waals surface area contributed by atoms with Crippen molar-refractivity contribution in [2.45, 2.75) is 63.6 Å². The first kappa shape index (κ1) is 12.9. The van der Waals surface area contributed by atoms with E-state index in [1.165, 1.54) is 19.3 Å². The molecule has 1 aliphatic carbocycles. The van der Waals surface area contributed by atoms with Gasteiger partial charge < -0.3 is 15.2 Å². The molecule has 0 aromatic carbocycles. The molecule has 2 N–H and O–H groups in total. The second kappa shape index (κ2) is 5.83. The highest BCUT2D eigenvalue weighted by molar-refractivity contribution is 4.86. The number of ether oxygens (including phenoxy) is 1. The maximum Gasteiger partial charge on any atom is 0.0586 e. The van der Waals surface area contributed by atoms with Gasteiger partial charge in [0, 0.05) is 25.3 Å². The van der Waals surface area contributed by atoms with Crippen LogP contribution in [0.15, 0.2) is 0 Å². The van der Waals surface area contributed by atoms with Gasteiger partial charge in [0.1, 0.15) is 0 Å². The molecule has 1 saturated carbocycles. The first-order valence-corrected chi connectivity index (χ1v) is 5.99. The zero-order valence-corrected chi connectivity index (χ0v) is 10.3. The van der Waals surface area contributed by atoms with Gasteiger partial charge >= 0.3 is 0 Å². The molecule has 2 atom stereocenters. The fourth-order valence-corrected chi connectivity index (χ4v) is 2.39. The van der Waals surface area contributed by atoms with Gasteiger partial charge in [0.2, 0.25) is 0 Å². The molecule has 1 aliphatic rings. The molecule has 3 heteroatoms. The van der Waals surface area contributed by atoms with Gasteiger partial charge in [-0.15, -0.1) is 0 Å². The lowest BCUT2D eigenvalue weighted by atomic mass is 9.90. The zero-order valence-electron chi connectivity index (χ0n) is 10.3. The number of hydrogen-bond acceptors (Lipinski definition) is 3. The molecule has 0 spiro atoms. The van der Waals surface area contributed by atoms with Gasteiger partial charge in [-0.1, -0.05) is 0 Å². The Morgan fingerprint density at radius 2 is 2.13 bits per heavy atom. The first-order chi connectivity index (χ1) is 7.07. The maximum atomic E-state index is 8.96. The van der Waals surface area contributed by atoms with Gasteiger partial charge in [0.25, 0.3) is 0 Å². The predicted molar refractivity (Wildman–Crippen MR) is 62.0 cm³/mol. The van der Waals surface area contributed by atoms with Crippen LogP contribution in [0.2, 0.25) is 0 Å². The van der Waals surface area contributed by atoms with E-state index in [0.29, 0.717) is 12.1 Å². The minimum absolute atomic E-state index is 0.0368. The third-order valence-electron chi connectivity index (χ3n) is 3.29. The van der Waals surface area contributed by atoms with Crippen molar-refractivity contribution in [1.29, 1.82) is 0 Å². The lowest BCUT2D eigenvalue weighted by Crippen LogP contribution is -2.49. The van der Waals surface area contributed by atoms with Crippen LogP contribution in [0.1, 0.15) is 46.0 Å². The van der Waals surface area contributed by atoms with Crippen molar-refractivity contribution in [2.75, 3.05) is 13.7 Å². The van der Waals surface area contributed by atoms with Gasteiger partial charge in [-0.05, 0) is 46.0 Å². The number of nitrogens with one attached hydrogen (secondary N) is 1. The highest BCUT2D eigenvalue weighted by atomic mass is 16.5. The van der Waals surface area contributed by atoms with E-state index in [1.54, 1.807) is 7.11 Å². The highest BCUT2D eigenvalue weighted by Crippen LogP contribution is 2.23. The Hall–Kier alpha value is -0.120. The van der Waals surface area contributed by atoms with Crippen molar-refractivity contribution < 1.29 is 9.84 Å². The molecule has 3 nitrogen and oxygen atoms in total. The summed E-state index contributed by atoms with van der Waals surface area (Å²) in [4.78, 5) is 0. The fourth-order valence-electron chi connectivity index (χ4n) is 2.39. The van der Waals surface area contributed by atoms with E-state index in [4.69, 9.17) is 9.84 Å². The number of methoxy groups -OCH3 is 1. The minimum atomic E-state index is 0.0368. The third kappa shape index (κ3) is 4.49.